The zero-order chi connectivity index (χ0) is 22.1. The van der Waals surface area contributed by atoms with Gasteiger partial charge in [0.2, 0.25) is 0 Å². The van der Waals surface area contributed by atoms with Crippen molar-refractivity contribution in [3.8, 4) is 6.07 Å². The fourth-order valence-corrected chi connectivity index (χ4v) is 4.84. The van der Waals surface area contributed by atoms with Crippen molar-refractivity contribution >= 4 is 22.5 Å². The highest BCUT2D eigenvalue weighted by Gasteiger charge is 2.26. The minimum atomic E-state index is 0.657. The smallest absolute Gasteiger partial charge is 0.157 e. The number of rotatable bonds is 5. The number of pyridine rings is 1. The molecule has 1 fully saturated rings. The molecule has 3 heterocycles. The predicted octanol–water partition coefficient (Wildman–Crippen LogP) is 4.72. The summed E-state index contributed by atoms with van der Waals surface area (Å²) in [5.41, 5.74) is 6.91. The molecule has 0 bridgehead atoms. The van der Waals surface area contributed by atoms with Crippen LogP contribution in [0.4, 0.5) is 5.82 Å². The van der Waals surface area contributed by atoms with Crippen molar-refractivity contribution in [2.24, 2.45) is 0 Å². The number of aromatic nitrogens is 2. The lowest BCUT2D eigenvalue weighted by Crippen LogP contribution is -2.47. The number of piperazine rings is 1. The molecule has 4 aromatic rings. The van der Waals surface area contributed by atoms with Crippen molar-refractivity contribution < 1.29 is 0 Å². The molecular weight excluding hydrogens is 394 g/mol. The predicted molar refractivity (Wildman–Crippen MR) is 130 cm³/mol. The minimum absolute atomic E-state index is 0.657. The topological polar surface area (TPSA) is 47.6 Å². The molecule has 5 heteroatoms. The number of fused-ring (bicyclic) bond motifs is 3. The van der Waals surface area contributed by atoms with Gasteiger partial charge >= 0.3 is 0 Å². The number of para-hydroxylation sites is 2. The Balaban J connectivity index is 1.58. The van der Waals surface area contributed by atoms with Gasteiger partial charge < -0.3 is 4.90 Å². The van der Waals surface area contributed by atoms with Crippen molar-refractivity contribution in [1.82, 2.24) is 14.3 Å². The van der Waals surface area contributed by atoms with E-state index in [9.17, 15) is 5.26 Å². The van der Waals surface area contributed by atoms with E-state index in [-0.39, 0.29) is 0 Å². The molecule has 0 spiro atoms. The summed E-state index contributed by atoms with van der Waals surface area (Å²) in [4.78, 5) is 9.83. The van der Waals surface area contributed by atoms with Gasteiger partial charge in [-0.25, -0.2) is 4.98 Å². The Morgan fingerprint density at radius 3 is 2.47 bits per heavy atom. The van der Waals surface area contributed by atoms with E-state index in [2.05, 4.69) is 63.2 Å². The SMILES string of the molecule is C=CCc1c(C)c(C#N)c2nc3ccccc3n2c1N1CCN(Cc2ccccc2)CC1. The molecule has 0 saturated carbocycles. The largest absolute Gasteiger partial charge is 0.355 e. The van der Waals surface area contributed by atoms with Crippen molar-refractivity contribution in [2.45, 2.75) is 19.9 Å². The van der Waals surface area contributed by atoms with E-state index in [1.807, 2.05) is 31.2 Å². The van der Waals surface area contributed by atoms with E-state index in [1.165, 1.54) is 11.1 Å². The summed E-state index contributed by atoms with van der Waals surface area (Å²) < 4.78 is 2.20. The first kappa shape index (κ1) is 20.3. The van der Waals surface area contributed by atoms with Crippen LogP contribution in [0.2, 0.25) is 0 Å². The van der Waals surface area contributed by atoms with Gasteiger partial charge in [0.1, 0.15) is 11.9 Å². The number of nitriles is 1. The number of imidazole rings is 1. The molecule has 0 radical (unpaired) electrons. The average Bonchev–Trinajstić information content (AvgIpc) is 3.20. The van der Waals surface area contributed by atoms with Gasteiger partial charge in [-0.05, 0) is 36.6 Å². The van der Waals surface area contributed by atoms with E-state index in [0.29, 0.717) is 5.56 Å². The van der Waals surface area contributed by atoms with Gasteiger partial charge in [-0.15, -0.1) is 6.58 Å². The van der Waals surface area contributed by atoms with Gasteiger partial charge in [0.05, 0.1) is 16.6 Å². The van der Waals surface area contributed by atoms with Crippen LogP contribution in [0.5, 0.6) is 0 Å². The normalized spacial score (nSPS) is 14.7. The van der Waals surface area contributed by atoms with Crippen LogP contribution in [0.15, 0.2) is 67.3 Å². The molecule has 2 aromatic carbocycles. The first-order valence-electron chi connectivity index (χ1n) is 11.2. The van der Waals surface area contributed by atoms with Gasteiger partial charge in [0, 0.05) is 38.3 Å². The van der Waals surface area contributed by atoms with Crippen LogP contribution in [-0.4, -0.2) is 40.5 Å². The second-order valence-corrected chi connectivity index (χ2v) is 8.42. The molecule has 2 aromatic heterocycles. The average molecular weight is 422 g/mol. The van der Waals surface area contributed by atoms with Crippen LogP contribution in [0.1, 0.15) is 22.3 Å². The van der Waals surface area contributed by atoms with Gasteiger partial charge in [-0.1, -0.05) is 48.5 Å². The summed E-state index contributed by atoms with van der Waals surface area (Å²) in [6.45, 7) is 10.9. The Morgan fingerprint density at radius 1 is 1.03 bits per heavy atom. The Bertz CT molecular complexity index is 1320. The molecule has 1 aliphatic heterocycles. The number of hydrogen-bond donors (Lipinski definition) is 0. The van der Waals surface area contributed by atoms with Crippen LogP contribution in [-0.2, 0) is 13.0 Å². The van der Waals surface area contributed by atoms with Crippen LogP contribution in [0, 0.1) is 18.3 Å². The fourth-order valence-electron chi connectivity index (χ4n) is 4.84. The van der Waals surface area contributed by atoms with Gasteiger partial charge in [0.15, 0.2) is 5.65 Å². The highest BCUT2D eigenvalue weighted by molar-refractivity contribution is 5.86. The lowest BCUT2D eigenvalue weighted by atomic mass is 10.0. The molecule has 0 aliphatic carbocycles. The third-order valence-electron chi connectivity index (χ3n) is 6.47. The van der Waals surface area contributed by atoms with E-state index >= 15 is 0 Å². The van der Waals surface area contributed by atoms with Crippen molar-refractivity contribution in [1.29, 1.82) is 5.26 Å². The molecule has 1 aliphatic rings. The van der Waals surface area contributed by atoms with Gasteiger partial charge in [-0.3, -0.25) is 9.30 Å². The van der Waals surface area contributed by atoms with Crippen LogP contribution < -0.4 is 4.90 Å². The number of hydrogen-bond acceptors (Lipinski definition) is 4. The lowest BCUT2D eigenvalue weighted by Gasteiger charge is -2.37. The summed E-state index contributed by atoms with van der Waals surface area (Å²) >= 11 is 0. The molecule has 0 unspecified atom stereocenters. The highest BCUT2D eigenvalue weighted by Crippen LogP contribution is 2.34. The lowest BCUT2D eigenvalue weighted by molar-refractivity contribution is 0.249. The van der Waals surface area contributed by atoms with Crippen molar-refractivity contribution in [3.05, 3.63) is 89.5 Å². The summed E-state index contributed by atoms with van der Waals surface area (Å²) in [5, 5.41) is 9.96. The Labute approximate surface area is 188 Å². The quantitative estimate of drug-likeness (QED) is 0.438. The van der Waals surface area contributed by atoms with E-state index in [1.54, 1.807) is 0 Å². The standard InChI is InChI=1S/C27H27N5/c1-3-9-22-20(2)23(18-28)26-29-24-12-7-8-13-25(24)32(26)27(22)31-16-14-30(15-17-31)19-21-10-5-4-6-11-21/h3-8,10-13H,1,9,14-17,19H2,2H3. The number of nitrogens with zero attached hydrogens (tertiary/aromatic N) is 5. The number of allylic oxidation sites excluding steroid dienone is 1. The minimum Gasteiger partial charge on any atom is -0.355 e. The van der Waals surface area contributed by atoms with Gasteiger partial charge in [0.25, 0.3) is 0 Å². The number of benzene rings is 2. The summed E-state index contributed by atoms with van der Waals surface area (Å²) in [6, 6.07) is 21.2. The zero-order valence-electron chi connectivity index (χ0n) is 18.5. The molecule has 0 atom stereocenters. The molecule has 0 N–H and O–H groups in total. The number of anilines is 1. The van der Waals surface area contributed by atoms with Crippen LogP contribution >= 0.6 is 0 Å². The summed E-state index contributed by atoms with van der Waals surface area (Å²) in [5.74, 6) is 1.16. The molecular formula is C27H27N5. The van der Waals surface area contributed by atoms with E-state index in [0.717, 1.165) is 67.2 Å². The fraction of sp³-hybridized carbons (Fsp3) is 0.259. The summed E-state index contributed by atoms with van der Waals surface area (Å²) in [7, 11) is 0. The second-order valence-electron chi connectivity index (χ2n) is 8.42. The maximum absolute atomic E-state index is 9.96. The van der Waals surface area contributed by atoms with Crippen molar-refractivity contribution in [2.75, 3.05) is 31.1 Å². The third-order valence-corrected chi connectivity index (χ3v) is 6.47. The zero-order valence-corrected chi connectivity index (χ0v) is 18.5. The molecule has 160 valence electrons. The molecule has 32 heavy (non-hydrogen) atoms. The maximum atomic E-state index is 9.96. The first-order valence-corrected chi connectivity index (χ1v) is 11.2. The van der Waals surface area contributed by atoms with Crippen molar-refractivity contribution in [3.63, 3.8) is 0 Å². The first-order chi connectivity index (χ1) is 15.7. The Kier molecular flexibility index (Phi) is 5.38. The third kappa shape index (κ3) is 3.43. The van der Waals surface area contributed by atoms with E-state index < -0.39 is 0 Å². The van der Waals surface area contributed by atoms with Crippen LogP contribution in [0.3, 0.4) is 0 Å². The highest BCUT2D eigenvalue weighted by atomic mass is 15.3. The molecule has 5 rings (SSSR count). The maximum Gasteiger partial charge on any atom is 0.157 e. The van der Waals surface area contributed by atoms with Gasteiger partial charge in [-0.2, -0.15) is 5.26 Å². The molecule has 5 nitrogen and oxygen atoms in total. The van der Waals surface area contributed by atoms with Crippen LogP contribution in [0.25, 0.3) is 16.7 Å². The summed E-state index contributed by atoms with van der Waals surface area (Å²) in [6.07, 6.45) is 2.66. The second kappa shape index (κ2) is 8.49. The Hall–Kier alpha value is -3.62. The monoisotopic (exact) mass is 421 g/mol. The molecule has 1 saturated heterocycles. The molecule has 0 amide bonds. The Morgan fingerprint density at radius 2 is 1.75 bits per heavy atom. The van der Waals surface area contributed by atoms with E-state index in [4.69, 9.17) is 4.98 Å².